The minimum absolute atomic E-state index is 0.0219. The topological polar surface area (TPSA) is 83.5 Å². The maximum atomic E-state index is 12.9. The monoisotopic (exact) mass is 456 g/mol. The fourth-order valence-electron chi connectivity index (χ4n) is 3.16. The van der Waals surface area contributed by atoms with Crippen molar-refractivity contribution in [2.24, 2.45) is 0 Å². The normalized spacial score (nSPS) is 11.2. The van der Waals surface area contributed by atoms with Gasteiger partial charge in [-0.1, -0.05) is 24.3 Å². The zero-order valence-corrected chi connectivity index (χ0v) is 19.2. The van der Waals surface area contributed by atoms with Crippen LogP contribution >= 0.6 is 11.3 Å². The van der Waals surface area contributed by atoms with E-state index in [0.717, 1.165) is 9.75 Å². The average Bonchev–Trinajstić information content (AvgIpc) is 3.10. The van der Waals surface area contributed by atoms with E-state index in [0.29, 0.717) is 16.9 Å². The second kappa shape index (κ2) is 9.45. The van der Waals surface area contributed by atoms with Crippen LogP contribution in [0.3, 0.4) is 0 Å². The zero-order valence-electron chi connectivity index (χ0n) is 17.6. The first-order chi connectivity index (χ1) is 14.7. The van der Waals surface area contributed by atoms with Crippen molar-refractivity contribution in [1.29, 1.82) is 0 Å². The van der Waals surface area contributed by atoms with Crippen LogP contribution in [-0.2, 0) is 14.8 Å². The number of carbonyl (C=O) groups is 2. The van der Waals surface area contributed by atoms with Gasteiger partial charge < -0.3 is 5.32 Å². The standard InChI is InChI=1S/C23H24N2O4S2/c1-16-14-21(17(2)30-16)22(26)12-13-23(27)24-18-8-7-11-20(15-18)31(28,29)25(3)19-9-5-4-6-10-19/h4-11,14-15H,12-13H2,1-3H3,(H,24,27). The minimum atomic E-state index is -3.79. The summed E-state index contributed by atoms with van der Waals surface area (Å²) < 4.78 is 27.1. The maximum Gasteiger partial charge on any atom is 0.264 e. The number of rotatable bonds is 8. The molecule has 0 radical (unpaired) electrons. The Bertz CT molecular complexity index is 1200. The van der Waals surface area contributed by atoms with E-state index in [1.807, 2.05) is 26.0 Å². The van der Waals surface area contributed by atoms with Crippen LogP contribution < -0.4 is 9.62 Å². The molecule has 0 aliphatic rings. The molecule has 8 heteroatoms. The lowest BCUT2D eigenvalue weighted by Gasteiger charge is -2.19. The van der Waals surface area contributed by atoms with Gasteiger partial charge in [0.15, 0.2) is 5.78 Å². The minimum Gasteiger partial charge on any atom is -0.326 e. The Morgan fingerprint density at radius 3 is 2.32 bits per heavy atom. The van der Waals surface area contributed by atoms with Gasteiger partial charge >= 0.3 is 0 Å². The van der Waals surface area contributed by atoms with Crippen molar-refractivity contribution in [3.05, 3.63) is 76.0 Å². The number of hydrogen-bond donors (Lipinski definition) is 1. The van der Waals surface area contributed by atoms with Crippen LogP contribution in [0.15, 0.2) is 65.6 Å². The number of aryl methyl sites for hydroxylation is 2. The number of Topliss-reactive ketones (excluding diaryl/α,β-unsaturated/α-hetero) is 1. The van der Waals surface area contributed by atoms with E-state index in [4.69, 9.17) is 0 Å². The van der Waals surface area contributed by atoms with E-state index in [1.165, 1.54) is 23.5 Å². The summed E-state index contributed by atoms with van der Waals surface area (Å²) in [6, 6.07) is 16.7. The Morgan fingerprint density at radius 1 is 0.968 bits per heavy atom. The molecule has 6 nitrogen and oxygen atoms in total. The molecule has 0 atom stereocenters. The highest BCUT2D eigenvalue weighted by Crippen LogP contribution is 2.24. The van der Waals surface area contributed by atoms with Crippen LogP contribution in [0.5, 0.6) is 0 Å². The van der Waals surface area contributed by atoms with Crippen LogP contribution in [0.4, 0.5) is 11.4 Å². The van der Waals surface area contributed by atoms with E-state index >= 15 is 0 Å². The zero-order chi connectivity index (χ0) is 22.6. The first-order valence-electron chi connectivity index (χ1n) is 9.72. The van der Waals surface area contributed by atoms with Gasteiger partial charge in [0.2, 0.25) is 5.91 Å². The van der Waals surface area contributed by atoms with Gasteiger partial charge in [-0.3, -0.25) is 13.9 Å². The number of amides is 1. The second-order valence-corrected chi connectivity index (χ2v) is 10.6. The Hall–Kier alpha value is -2.97. The molecule has 0 aliphatic carbocycles. The Morgan fingerprint density at radius 2 is 1.68 bits per heavy atom. The van der Waals surface area contributed by atoms with E-state index in [9.17, 15) is 18.0 Å². The smallest absolute Gasteiger partial charge is 0.264 e. The van der Waals surface area contributed by atoms with Gasteiger partial charge in [-0.15, -0.1) is 11.3 Å². The summed E-state index contributed by atoms with van der Waals surface area (Å²) in [6.45, 7) is 3.83. The number of thiophene rings is 1. The number of para-hydroxylation sites is 1. The summed E-state index contributed by atoms with van der Waals surface area (Å²) in [4.78, 5) is 26.8. The van der Waals surface area contributed by atoms with Gasteiger partial charge in [0.25, 0.3) is 10.0 Å². The van der Waals surface area contributed by atoms with Gasteiger partial charge in [-0.05, 0) is 50.2 Å². The molecule has 1 amide bonds. The molecule has 0 saturated carbocycles. The van der Waals surface area contributed by atoms with Crippen molar-refractivity contribution in [3.63, 3.8) is 0 Å². The lowest BCUT2D eigenvalue weighted by molar-refractivity contribution is -0.116. The highest BCUT2D eigenvalue weighted by atomic mass is 32.2. The third-order valence-corrected chi connectivity index (χ3v) is 7.56. The van der Waals surface area contributed by atoms with Crippen LogP contribution in [-0.4, -0.2) is 27.2 Å². The van der Waals surface area contributed by atoms with Gasteiger partial charge in [0, 0.05) is 40.9 Å². The molecule has 1 heterocycles. The van der Waals surface area contributed by atoms with Crippen LogP contribution in [0.2, 0.25) is 0 Å². The van der Waals surface area contributed by atoms with Crippen molar-refractivity contribution in [1.82, 2.24) is 0 Å². The highest BCUT2D eigenvalue weighted by Gasteiger charge is 2.22. The number of carbonyl (C=O) groups excluding carboxylic acids is 2. The highest BCUT2D eigenvalue weighted by molar-refractivity contribution is 7.92. The van der Waals surface area contributed by atoms with Gasteiger partial charge in [-0.2, -0.15) is 0 Å². The largest absolute Gasteiger partial charge is 0.326 e. The third kappa shape index (κ3) is 5.39. The number of ketones is 1. The summed E-state index contributed by atoms with van der Waals surface area (Å²) in [5, 5.41) is 2.69. The van der Waals surface area contributed by atoms with Crippen molar-refractivity contribution < 1.29 is 18.0 Å². The van der Waals surface area contributed by atoms with E-state index < -0.39 is 10.0 Å². The summed E-state index contributed by atoms with van der Waals surface area (Å²) in [5.41, 5.74) is 1.56. The second-order valence-electron chi connectivity index (χ2n) is 7.13. The molecular weight excluding hydrogens is 432 g/mol. The first kappa shape index (κ1) is 22.7. The summed E-state index contributed by atoms with van der Waals surface area (Å²) in [5.74, 6) is -0.415. The molecule has 3 rings (SSSR count). The summed E-state index contributed by atoms with van der Waals surface area (Å²) >= 11 is 1.56. The Labute approximate surface area is 186 Å². The lowest BCUT2D eigenvalue weighted by Crippen LogP contribution is -2.26. The molecule has 0 spiro atoms. The number of benzene rings is 2. The maximum absolute atomic E-state index is 12.9. The Balaban J connectivity index is 1.66. The molecule has 1 N–H and O–H groups in total. The van der Waals surface area contributed by atoms with Crippen molar-refractivity contribution in [2.45, 2.75) is 31.6 Å². The SMILES string of the molecule is Cc1cc(C(=O)CCC(=O)Nc2cccc(S(=O)(=O)N(C)c3ccccc3)c2)c(C)s1. The van der Waals surface area contributed by atoms with E-state index in [-0.39, 0.29) is 29.4 Å². The molecule has 162 valence electrons. The van der Waals surface area contributed by atoms with Crippen LogP contribution in [0.1, 0.15) is 33.0 Å². The molecule has 0 aliphatic heterocycles. The molecule has 3 aromatic rings. The molecule has 2 aromatic carbocycles. The van der Waals surface area contributed by atoms with Crippen molar-refractivity contribution in [2.75, 3.05) is 16.7 Å². The quantitative estimate of drug-likeness (QED) is 0.494. The van der Waals surface area contributed by atoms with Crippen molar-refractivity contribution >= 4 is 44.4 Å². The predicted octanol–water partition coefficient (Wildman–Crippen LogP) is 4.79. The number of nitrogens with one attached hydrogen (secondary N) is 1. The number of sulfonamides is 1. The lowest BCUT2D eigenvalue weighted by atomic mass is 10.1. The van der Waals surface area contributed by atoms with Crippen molar-refractivity contribution in [3.8, 4) is 0 Å². The molecule has 1 aromatic heterocycles. The molecule has 0 fully saturated rings. The van der Waals surface area contributed by atoms with E-state index in [1.54, 1.807) is 47.7 Å². The fraction of sp³-hybridized carbons (Fsp3) is 0.217. The number of anilines is 2. The van der Waals surface area contributed by atoms with Crippen LogP contribution in [0.25, 0.3) is 0 Å². The van der Waals surface area contributed by atoms with Crippen LogP contribution in [0, 0.1) is 13.8 Å². The van der Waals surface area contributed by atoms with Gasteiger partial charge in [0.1, 0.15) is 0 Å². The molecule has 0 saturated heterocycles. The summed E-state index contributed by atoms with van der Waals surface area (Å²) in [7, 11) is -2.30. The first-order valence-corrected chi connectivity index (χ1v) is 12.0. The third-order valence-electron chi connectivity index (χ3n) is 4.82. The fourth-order valence-corrected chi connectivity index (χ4v) is 5.35. The number of nitrogens with zero attached hydrogens (tertiary/aromatic N) is 1. The van der Waals surface area contributed by atoms with Gasteiger partial charge in [0.05, 0.1) is 10.6 Å². The number of hydrogen-bond acceptors (Lipinski definition) is 5. The molecule has 0 unspecified atom stereocenters. The van der Waals surface area contributed by atoms with E-state index in [2.05, 4.69) is 5.32 Å². The average molecular weight is 457 g/mol. The predicted molar refractivity (Wildman–Crippen MR) is 124 cm³/mol. The Kier molecular flexibility index (Phi) is 6.92. The molecular formula is C23H24N2O4S2. The summed E-state index contributed by atoms with van der Waals surface area (Å²) in [6.07, 6.45) is 0.117. The molecule has 0 bridgehead atoms. The van der Waals surface area contributed by atoms with Gasteiger partial charge in [-0.25, -0.2) is 8.42 Å². The molecule has 31 heavy (non-hydrogen) atoms.